The average molecular weight is 535 g/mol. The highest BCUT2D eigenvalue weighted by molar-refractivity contribution is 5.87. The fourth-order valence-corrected chi connectivity index (χ4v) is 3.09. The summed E-state index contributed by atoms with van der Waals surface area (Å²) in [4.78, 5) is 34.0. The number of hydrogen-bond donors (Lipinski definition) is 3. The van der Waals surface area contributed by atoms with E-state index < -0.39 is 23.7 Å². The smallest absolute Gasteiger partial charge is 0.408 e. The van der Waals surface area contributed by atoms with Crippen molar-refractivity contribution in [1.29, 1.82) is 0 Å². The minimum Gasteiger partial charge on any atom is -0.480 e. The predicted molar refractivity (Wildman–Crippen MR) is 149 cm³/mol. The molecule has 0 bridgehead atoms. The molecule has 9 heteroatoms. The van der Waals surface area contributed by atoms with Gasteiger partial charge in [0.1, 0.15) is 23.1 Å². The van der Waals surface area contributed by atoms with Gasteiger partial charge in [-0.1, -0.05) is 42.5 Å². The van der Waals surface area contributed by atoms with Crippen LogP contribution in [0.4, 0.5) is 10.5 Å². The molecule has 3 aromatic rings. The second-order valence-electron chi connectivity index (χ2n) is 9.33. The minimum absolute atomic E-state index is 0.112. The number of carboxylic acids is 1. The lowest BCUT2D eigenvalue weighted by Crippen LogP contribution is -2.44. The Kier molecular flexibility index (Phi) is 11.6. The highest BCUT2D eigenvalue weighted by atomic mass is 16.6. The maximum Gasteiger partial charge on any atom is 0.408 e. The van der Waals surface area contributed by atoms with Gasteiger partial charge >= 0.3 is 18.0 Å². The van der Waals surface area contributed by atoms with Crippen LogP contribution in [0.2, 0.25) is 0 Å². The molecule has 206 valence electrons. The number of alkyl carbamates (subject to hydrolysis) is 1. The molecule has 0 fully saturated rings. The number of rotatable bonds is 8. The summed E-state index contributed by atoms with van der Waals surface area (Å²) in [6.45, 7) is 5.15. The van der Waals surface area contributed by atoms with Crippen LogP contribution in [-0.2, 0) is 25.5 Å². The summed E-state index contributed by atoms with van der Waals surface area (Å²) >= 11 is 0. The van der Waals surface area contributed by atoms with Crippen LogP contribution < -0.4 is 15.8 Å². The number of hydrogen-bond acceptors (Lipinski definition) is 7. The molecule has 1 unspecified atom stereocenters. The van der Waals surface area contributed by atoms with Crippen molar-refractivity contribution in [3.05, 3.63) is 96.1 Å². The number of nitrogens with one attached hydrogen (secondary N) is 1. The number of aliphatic carboxylic acids is 1. The molecule has 3 aromatic carbocycles. The van der Waals surface area contributed by atoms with Crippen molar-refractivity contribution in [3.8, 4) is 11.5 Å². The number of benzene rings is 3. The quantitative estimate of drug-likeness (QED) is 0.197. The first-order chi connectivity index (χ1) is 18.4. The lowest BCUT2D eigenvalue weighted by atomic mass is 10.1. The molecule has 1 atom stereocenters. The van der Waals surface area contributed by atoms with Crippen molar-refractivity contribution in [1.82, 2.24) is 5.32 Å². The summed E-state index contributed by atoms with van der Waals surface area (Å²) in [5, 5.41) is 11.8. The highest BCUT2D eigenvalue weighted by Crippen LogP contribution is 2.22. The first-order valence-corrected chi connectivity index (χ1v) is 12.1. The Morgan fingerprint density at radius 3 is 2.18 bits per heavy atom. The van der Waals surface area contributed by atoms with E-state index in [0.717, 1.165) is 11.1 Å². The van der Waals surface area contributed by atoms with E-state index in [2.05, 4.69) is 10.1 Å². The van der Waals surface area contributed by atoms with Gasteiger partial charge < -0.3 is 30.4 Å². The molecular weight excluding hydrogens is 500 g/mol. The van der Waals surface area contributed by atoms with Crippen LogP contribution in [0, 0.1) is 0 Å². The lowest BCUT2D eigenvalue weighted by Gasteiger charge is -2.22. The number of para-hydroxylation sites is 1. The summed E-state index contributed by atoms with van der Waals surface area (Å²) in [5.41, 5.74) is 7.14. The van der Waals surface area contributed by atoms with Gasteiger partial charge in [-0.2, -0.15) is 0 Å². The van der Waals surface area contributed by atoms with Crippen LogP contribution in [0.1, 0.15) is 31.9 Å². The molecule has 0 saturated carbocycles. The predicted octanol–water partition coefficient (Wildman–Crippen LogP) is 5.45. The molecule has 0 aliphatic carbocycles. The first kappa shape index (κ1) is 30.4. The monoisotopic (exact) mass is 534 g/mol. The Labute approximate surface area is 228 Å². The van der Waals surface area contributed by atoms with Gasteiger partial charge in [0.15, 0.2) is 0 Å². The Hall–Kier alpha value is -4.79. The number of nitrogens with two attached hydrogens (primary N) is 1. The van der Waals surface area contributed by atoms with Crippen LogP contribution in [-0.4, -0.2) is 41.9 Å². The molecule has 0 heterocycles. The minimum atomic E-state index is -1.13. The third-order valence-corrected chi connectivity index (χ3v) is 4.86. The number of carbonyl (C=O) groups is 3. The van der Waals surface area contributed by atoms with Gasteiger partial charge in [-0.25, -0.2) is 14.4 Å². The van der Waals surface area contributed by atoms with Gasteiger partial charge in [-0.05, 0) is 74.4 Å². The number of nitrogen functional groups attached to an aromatic ring is 1. The number of esters is 1. The Morgan fingerprint density at radius 1 is 0.949 bits per heavy atom. The van der Waals surface area contributed by atoms with E-state index in [0.29, 0.717) is 17.2 Å². The number of carbonyl (C=O) groups excluding carboxylic acids is 2. The van der Waals surface area contributed by atoms with Crippen LogP contribution in [0.3, 0.4) is 0 Å². The number of ether oxygens (including phenoxy) is 3. The van der Waals surface area contributed by atoms with Gasteiger partial charge in [0.05, 0.1) is 7.11 Å². The lowest BCUT2D eigenvalue weighted by molar-refractivity contribution is -0.139. The Morgan fingerprint density at radius 2 is 1.59 bits per heavy atom. The molecule has 0 aromatic heterocycles. The van der Waals surface area contributed by atoms with E-state index in [4.69, 9.17) is 15.2 Å². The summed E-state index contributed by atoms with van der Waals surface area (Å²) in [7, 11) is 1.34. The van der Waals surface area contributed by atoms with Gasteiger partial charge in [0.2, 0.25) is 0 Å². The topological polar surface area (TPSA) is 137 Å². The second-order valence-corrected chi connectivity index (χ2v) is 9.33. The van der Waals surface area contributed by atoms with Crippen molar-refractivity contribution >= 4 is 29.8 Å². The van der Waals surface area contributed by atoms with Crippen molar-refractivity contribution < 1.29 is 33.7 Å². The highest BCUT2D eigenvalue weighted by Gasteiger charge is 2.24. The second kappa shape index (κ2) is 14.8. The molecule has 9 nitrogen and oxygen atoms in total. The molecule has 0 radical (unpaired) electrons. The van der Waals surface area contributed by atoms with Crippen LogP contribution in [0.25, 0.3) is 6.08 Å². The molecule has 3 rings (SSSR count). The van der Waals surface area contributed by atoms with Crippen molar-refractivity contribution in [2.75, 3.05) is 12.8 Å². The van der Waals surface area contributed by atoms with Crippen molar-refractivity contribution in [2.45, 2.75) is 38.8 Å². The SMILES string of the molecule is CC(C)(C)OC(=O)NC(Cc1cccc(Oc2ccccc2)c1)C(=O)O.COC(=O)C=Cc1ccc(N)cc1. The van der Waals surface area contributed by atoms with E-state index in [1.165, 1.54) is 13.2 Å². The zero-order chi connectivity index (χ0) is 28.8. The summed E-state index contributed by atoms with van der Waals surface area (Å²) in [6.07, 6.45) is 2.39. The van der Waals surface area contributed by atoms with Gasteiger partial charge in [0, 0.05) is 18.2 Å². The molecule has 1 amide bonds. The van der Waals surface area contributed by atoms with E-state index in [1.807, 2.05) is 42.5 Å². The summed E-state index contributed by atoms with van der Waals surface area (Å²) < 4.78 is 15.3. The molecule has 4 N–H and O–H groups in total. The van der Waals surface area contributed by atoms with Crippen LogP contribution >= 0.6 is 0 Å². The van der Waals surface area contributed by atoms with E-state index in [1.54, 1.807) is 63.2 Å². The molecule has 0 aliphatic heterocycles. The maximum absolute atomic E-state index is 11.9. The molecule has 0 aliphatic rings. The standard InChI is InChI=1S/C20H23NO5.C10H11NO2/c1-20(2,3)26-19(24)21-17(18(22)23)13-14-8-7-11-16(12-14)25-15-9-5-4-6-10-15;1-13-10(12)7-4-8-2-5-9(11)6-3-8/h4-12,17H,13H2,1-3H3,(H,21,24)(H,22,23);2-7H,11H2,1H3. The van der Waals surface area contributed by atoms with Gasteiger partial charge in [0.25, 0.3) is 0 Å². The van der Waals surface area contributed by atoms with Crippen LogP contribution in [0.5, 0.6) is 11.5 Å². The first-order valence-electron chi connectivity index (χ1n) is 12.1. The zero-order valence-electron chi connectivity index (χ0n) is 22.4. The maximum atomic E-state index is 11.9. The number of methoxy groups -OCH3 is 1. The number of amides is 1. The number of anilines is 1. The van der Waals surface area contributed by atoms with Gasteiger partial charge in [-0.15, -0.1) is 0 Å². The van der Waals surface area contributed by atoms with Crippen molar-refractivity contribution in [3.63, 3.8) is 0 Å². The number of carboxylic acid groups (broad SMARTS) is 1. The summed E-state index contributed by atoms with van der Waals surface area (Å²) in [5.74, 6) is -0.219. The fraction of sp³-hybridized carbons (Fsp3) is 0.233. The molecule has 0 spiro atoms. The Balaban J connectivity index is 0.000000344. The van der Waals surface area contributed by atoms with E-state index in [-0.39, 0.29) is 12.4 Å². The van der Waals surface area contributed by atoms with Gasteiger partial charge in [-0.3, -0.25) is 0 Å². The third-order valence-electron chi connectivity index (χ3n) is 4.86. The summed E-state index contributed by atoms with van der Waals surface area (Å²) in [6, 6.07) is 22.5. The Bertz CT molecular complexity index is 1250. The van der Waals surface area contributed by atoms with Crippen LogP contribution in [0.15, 0.2) is 84.9 Å². The average Bonchev–Trinajstić information content (AvgIpc) is 2.88. The third kappa shape index (κ3) is 12.3. The largest absolute Gasteiger partial charge is 0.480 e. The van der Waals surface area contributed by atoms with E-state index in [9.17, 15) is 19.5 Å². The zero-order valence-corrected chi connectivity index (χ0v) is 22.4. The van der Waals surface area contributed by atoms with Crippen molar-refractivity contribution in [2.24, 2.45) is 0 Å². The molecule has 0 saturated heterocycles. The molecule has 39 heavy (non-hydrogen) atoms. The normalized spacial score (nSPS) is 11.5. The molecular formula is C30H34N2O7. The fourth-order valence-electron chi connectivity index (χ4n) is 3.09. The van der Waals surface area contributed by atoms with E-state index >= 15 is 0 Å².